The summed E-state index contributed by atoms with van der Waals surface area (Å²) in [6.07, 6.45) is -0.0958. The lowest BCUT2D eigenvalue weighted by Crippen LogP contribution is -2.31. The molecule has 1 atom stereocenters. The topological polar surface area (TPSA) is 93.1 Å². The fourth-order valence-corrected chi connectivity index (χ4v) is 4.48. The summed E-state index contributed by atoms with van der Waals surface area (Å²) in [5, 5.41) is 7.66. The van der Waals surface area contributed by atoms with Gasteiger partial charge in [-0.1, -0.05) is 41.9 Å². The van der Waals surface area contributed by atoms with Crippen LogP contribution in [0.2, 0.25) is 5.02 Å². The lowest BCUT2D eigenvalue weighted by atomic mass is 10.0. The quantitative estimate of drug-likeness (QED) is 0.578. The second-order valence-electron chi connectivity index (χ2n) is 6.96. The molecular formula is C21H23ClN4O3S. The molecule has 0 aliphatic rings. The van der Waals surface area contributed by atoms with Crippen LogP contribution in [0, 0.1) is 13.8 Å². The van der Waals surface area contributed by atoms with Gasteiger partial charge in [0, 0.05) is 18.5 Å². The Kier molecular flexibility index (Phi) is 6.60. The van der Waals surface area contributed by atoms with Gasteiger partial charge in [0.1, 0.15) is 0 Å². The number of hydrogen-bond donors (Lipinski definition) is 2. The Morgan fingerprint density at radius 2 is 1.73 bits per heavy atom. The minimum atomic E-state index is -3.83. The third-order valence-electron chi connectivity index (χ3n) is 4.79. The first-order valence-electron chi connectivity index (χ1n) is 9.30. The highest BCUT2D eigenvalue weighted by atomic mass is 35.5. The zero-order chi connectivity index (χ0) is 21.9. The van der Waals surface area contributed by atoms with E-state index < -0.39 is 16.1 Å². The molecule has 9 heteroatoms. The number of nitrogens with zero attached hydrogens (tertiary/aromatic N) is 2. The molecule has 2 aromatic carbocycles. The number of anilines is 1. The van der Waals surface area contributed by atoms with Gasteiger partial charge in [-0.15, -0.1) is 0 Å². The predicted octanol–water partition coefficient (Wildman–Crippen LogP) is 3.74. The van der Waals surface area contributed by atoms with Crippen LogP contribution >= 0.6 is 11.6 Å². The van der Waals surface area contributed by atoms with Gasteiger partial charge < -0.3 is 5.32 Å². The molecule has 7 nitrogen and oxygen atoms in total. The number of carbonyl (C=O) groups excluding carboxylic acids is 1. The average molecular weight is 447 g/mol. The lowest BCUT2D eigenvalue weighted by Gasteiger charge is -2.19. The van der Waals surface area contributed by atoms with Crippen LogP contribution in [0.25, 0.3) is 0 Å². The van der Waals surface area contributed by atoms with E-state index in [1.807, 2.05) is 6.92 Å². The van der Waals surface area contributed by atoms with E-state index in [4.69, 9.17) is 11.6 Å². The monoisotopic (exact) mass is 446 g/mol. The molecule has 1 aromatic heterocycles. The van der Waals surface area contributed by atoms with Gasteiger partial charge in [0.25, 0.3) is 0 Å². The number of hydrogen-bond acceptors (Lipinski definition) is 4. The average Bonchev–Trinajstić information content (AvgIpc) is 2.94. The molecule has 0 saturated heterocycles. The summed E-state index contributed by atoms with van der Waals surface area (Å²) >= 11 is 5.97. The largest absolute Gasteiger partial charge is 0.323 e. The highest BCUT2D eigenvalue weighted by Crippen LogP contribution is 2.24. The van der Waals surface area contributed by atoms with E-state index in [9.17, 15) is 13.2 Å². The molecule has 1 amide bonds. The molecule has 0 fully saturated rings. The van der Waals surface area contributed by atoms with Gasteiger partial charge in [-0.3, -0.25) is 9.48 Å². The van der Waals surface area contributed by atoms with Crippen molar-refractivity contribution in [2.45, 2.75) is 31.2 Å². The third-order valence-corrected chi connectivity index (χ3v) is 6.53. The van der Waals surface area contributed by atoms with Crippen LogP contribution < -0.4 is 10.0 Å². The first-order chi connectivity index (χ1) is 14.2. The summed E-state index contributed by atoms with van der Waals surface area (Å²) in [7, 11) is -2.03. The molecule has 0 saturated carbocycles. The van der Waals surface area contributed by atoms with Gasteiger partial charge in [-0.05, 0) is 43.7 Å². The molecule has 3 rings (SSSR count). The van der Waals surface area contributed by atoms with Crippen molar-refractivity contribution in [2.24, 2.45) is 7.05 Å². The van der Waals surface area contributed by atoms with Crippen molar-refractivity contribution >= 4 is 33.2 Å². The number of benzene rings is 2. The molecule has 0 bridgehead atoms. The fraction of sp³-hybridized carbons (Fsp3) is 0.238. The number of halogens is 1. The minimum absolute atomic E-state index is 0.0958. The SMILES string of the molecule is Cc1nn(C)c(C)c1NC(=O)C[C@H](NS(=O)(=O)c1ccccc1)c1ccc(Cl)cc1. The number of sulfonamides is 1. The molecule has 0 radical (unpaired) electrons. The fourth-order valence-electron chi connectivity index (χ4n) is 3.11. The maximum absolute atomic E-state index is 12.9. The lowest BCUT2D eigenvalue weighted by molar-refractivity contribution is -0.116. The normalized spacial score (nSPS) is 12.5. The molecule has 0 aliphatic heterocycles. The number of carbonyl (C=O) groups is 1. The molecular weight excluding hydrogens is 424 g/mol. The van der Waals surface area contributed by atoms with Crippen LogP contribution in [0.1, 0.15) is 29.4 Å². The standard InChI is InChI=1S/C21H23ClN4O3S/c1-14-21(15(2)26(3)24-14)23-20(27)13-19(16-9-11-17(22)12-10-16)25-30(28,29)18-7-5-4-6-8-18/h4-12,19,25H,13H2,1-3H3,(H,23,27)/t19-/m0/s1. The predicted molar refractivity (Wildman–Crippen MR) is 117 cm³/mol. The number of amides is 1. The van der Waals surface area contributed by atoms with Gasteiger partial charge in [0.05, 0.1) is 28.0 Å². The second-order valence-corrected chi connectivity index (χ2v) is 9.11. The highest BCUT2D eigenvalue weighted by molar-refractivity contribution is 7.89. The van der Waals surface area contributed by atoms with Gasteiger partial charge in [-0.2, -0.15) is 5.10 Å². The van der Waals surface area contributed by atoms with Crippen LogP contribution in [0.5, 0.6) is 0 Å². The number of aryl methyl sites for hydroxylation is 2. The zero-order valence-corrected chi connectivity index (χ0v) is 18.5. The van der Waals surface area contributed by atoms with Crippen molar-refractivity contribution < 1.29 is 13.2 Å². The van der Waals surface area contributed by atoms with E-state index in [2.05, 4.69) is 15.1 Å². The van der Waals surface area contributed by atoms with Crippen molar-refractivity contribution in [3.05, 3.63) is 76.6 Å². The first kappa shape index (κ1) is 22.0. The van der Waals surface area contributed by atoms with E-state index in [1.165, 1.54) is 12.1 Å². The smallest absolute Gasteiger partial charge is 0.241 e. The Morgan fingerprint density at radius 3 is 2.30 bits per heavy atom. The molecule has 0 unspecified atom stereocenters. The summed E-state index contributed by atoms with van der Waals surface area (Å²) in [6, 6.07) is 14.0. The number of aromatic nitrogens is 2. The number of nitrogens with one attached hydrogen (secondary N) is 2. The summed E-state index contributed by atoms with van der Waals surface area (Å²) in [6.45, 7) is 3.65. The molecule has 2 N–H and O–H groups in total. The van der Waals surface area contributed by atoms with Crippen molar-refractivity contribution in [2.75, 3.05) is 5.32 Å². The van der Waals surface area contributed by atoms with E-state index in [1.54, 1.807) is 61.1 Å². The highest BCUT2D eigenvalue weighted by Gasteiger charge is 2.24. The van der Waals surface area contributed by atoms with E-state index in [0.29, 0.717) is 22.0 Å². The zero-order valence-electron chi connectivity index (χ0n) is 16.9. The Labute approximate surface area is 181 Å². The Morgan fingerprint density at radius 1 is 1.10 bits per heavy atom. The Hall–Kier alpha value is -2.68. The van der Waals surface area contributed by atoms with Crippen molar-refractivity contribution in [3.8, 4) is 0 Å². The maximum Gasteiger partial charge on any atom is 0.241 e. The molecule has 0 aliphatic carbocycles. The van der Waals surface area contributed by atoms with Crippen LogP contribution in [-0.2, 0) is 21.9 Å². The summed E-state index contributed by atoms with van der Waals surface area (Å²) in [4.78, 5) is 12.9. The van der Waals surface area contributed by atoms with E-state index in [-0.39, 0.29) is 17.2 Å². The van der Waals surface area contributed by atoms with Crippen LogP contribution in [0.15, 0.2) is 59.5 Å². The second kappa shape index (κ2) is 8.99. The van der Waals surface area contributed by atoms with Gasteiger partial charge in [-0.25, -0.2) is 13.1 Å². The molecule has 1 heterocycles. The van der Waals surface area contributed by atoms with E-state index in [0.717, 1.165) is 5.69 Å². The van der Waals surface area contributed by atoms with Crippen molar-refractivity contribution in [1.29, 1.82) is 0 Å². The summed E-state index contributed by atoms with van der Waals surface area (Å²) in [5.41, 5.74) is 2.77. The number of rotatable bonds is 7. The molecule has 3 aromatic rings. The Balaban J connectivity index is 1.86. The first-order valence-corrected chi connectivity index (χ1v) is 11.2. The molecule has 158 valence electrons. The van der Waals surface area contributed by atoms with Crippen molar-refractivity contribution in [1.82, 2.24) is 14.5 Å². The van der Waals surface area contributed by atoms with Gasteiger partial charge in [0.2, 0.25) is 15.9 Å². The third kappa shape index (κ3) is 5.08. The minimum Gasteiger partial charge on any atom is -0.323 e. The van der Waals surface area contributed by atoms with E-state index >= 15 is 0 Å². The van der Waals surface area contributed by atoms with Crippen LogP contribution in [0.4, 0.5) is 5.69 Å². The molecule has 30 heavy (non-hydrogen) atoms. The van der Waals surface area contributed by atoms with Gasteiger partial charge in [0.15, 0.2) is 0 Å². The molecule has 0 spiro atoms. The summed E-state index contributed by atoms with van der Waals surface area (Å²) in [5.74, 6) is -0.329. The van der Waals surface area contributed by atoms with Crippen LogP contribution in [-0.4, -0.2) is 24.1 Å². The van der Waals surface area contributed by atoms with Crippen molar-refractivity contribution in [3.63, 3.8) is 0 Å². The van der Waals surface area contributed by atoms with Crippen LogP contribution in [0.3, 0.4) is 0 Å². The maximum atomic E-state index is 12.9. The summed E-state index contributed by atoms with van der Waals surface area (Å²) < 4.78 is 30.0. The Bertz CT molecular complexity index is 1140. The van der Waals surface area contributed by atoms with Gasteiger partial charge >= 0.3 is 0 Å².